The van der Waals surface area contributed by atoms with Gasteiger partial charge in [0.1, 0.15) is 5.75 Å². The van der Waals surface area contributed by atoms with E-state index in [-0.39, 0.29) is 16.7 Å². The highest BCUT2D eigenvalue weighted by atomic mass is 16.4. The van der Waals surface area contributed by atoms with Crippen molar-refractivity contribution >= 4 is 37.9 Å². The minimum absolute atomic E-state index is 0.0611. The maximum Gasteiger partial charge on any atom is 0.208 e. The SMILES string of the molecule is CCC1(C)c2cc(-c3c(-c4cccc5c(-c6c7ccccc7c(-c7c(O)c(O)c(O)c(O)c7O)c7ccccc67)cccc45)ccc(O)c3C3=CCCC=C3)ccc2C2C=CC=CC21. The van der Waals surface area contributed by atoms with Crippen molar-refractivity contribution in [3.05, 3.63) is 174 Å². The quantitative estimate of drug-likeness (QED) is 0.0563. The number of benzene rings is 8. The molecule has 0 saturated carbocycles. The average molecular weight is 839 g/mol. The van der Waals surface area contributed by atoms with Gasteiger partial charge >= 0.3 is 0 Å². The second kappa shape index (κ2) is 14.7. The Balaban J connectivity index is 1.18. The van der Waals surface area contributed by atoms with Crippen molar-refractivity contribution in [1.29, 1.82) is 0 Å². The van der Waals surface area contributed by atoms with Gasteiger partial charge in [0.15, 0.2) is 11.5 Å². The van der Waals surface area contributed by atoms with Gasteiger partial charge in [-0.3, -0.25) is 0 Å². The molecule has 0 fully saturated rings. The van der Waals surface area contributed by atoms with Crippen LogP contribution in [0.4, 0.5) is 0 Å². The number of phenols is 6. The van der Waals surface area contributed by atoms with Gasteiger partial charge in [0.2, 0.25) is 17.2 Å². The van der Waals surface area contributed by atoms with E-state index < -0.39 is 28.7 Å². The predicted molar refractivity (Wildman–Crippen MR) is 259 cm³/mol. The topological polar surface area (TPSA) is 121 Å². The van der Waals surface area contributed by atoms with Crippen LogP contribution in [0.25, 0.3) is 82.4 Å². The number of allylic oxidation sites excluding steroid dienone is 8. The first-order chi connectivity index (χ1) is 31.1. The summed E-state index contributed by atoms with van der Waals surface area (Å²) in [5, 5.41) is 71.1. The highest BCUT2D eigenvalue weighted by Crippen LogP contribution is 2.59. The number of hydrogen-bond donors (Lipinski definition) is 6. The molecule has 8 aromatic carbocycles. The fourth-order valence-electron chi connectivity index (χ4n) is 11.2. The molecule has 3 atom stereocenters. The Hall–Kier alpha value is -7.70. The van der Waals surface area contributed by atoms with Crippen LogP contribution in [0.15, 0.2) is 158 Å². The van der Waals surface area contributed by atoms with Crippen LogP contribution in [0.5, 0.6) is 34.5 Å². The standard InChI is InChI=1S/C58H46O6/c1-3-58(2)45-26-12-11-17-37(45)38-28-27-33(31-46(38)58)48-44(29-30-47(59)49(48)32-15-5-4-6-16-32)36-24-13-23-35-34(36)22-14-25-39(35)50-40-18-7-9-20-42(40)51(43-21-10-8-19-41(43)50)52-53(60)55(62)57(64)56(63)54(52)61/h5,7-31,37,45,59-64H,3-4,6H2,1-2H3. The Bertz CT molecular complexity index is 3340. The average Bonchev–Trinajstić information content (AvgIpc) is 3.59. The summed E-state index contributed by atoms with van der Waals surface area (Å²) in [5.41, 5.74) is 10.6. The van der Waals surface area contributed by atoms with Crippen LogP contribution < -0.4 is 0 Å². The van der Waals surface area contributed by atoms with Crippen molar-refractivity contribution in [3.8, 4) is 79.0 Å². The van der Waals surface area contributed by atoms with E-state index in [1.807, 2.05) is 54.6 Å². The van der Waals surface area contributed by atoms with E-state index in [4.69, 9.17) is 0 Å². The molecule has 0 amide bonds. The van der Waals surface area contributed by atoms with Gasteiger partial charge in [-0.05, 0) is 113 Å². The minimum atomic E-state index is -1.01. The first-order valence-electron chi connectivity index (χ1n) is 22.0. The van der Waals surface area contributed by atoms with Crippen LogP contribution >= 0.6 is 0 Å². The van der Waals surface area contributed by atoms with E-state index in [9.17, 15) is 30.6 Å². The van der Waals surface area contributed by atoms with Crippen molar-refractivity contribution in [3.63, 3.8) is 0 Å². The molecule has 6 heteroatoms. The summed E-state index contributed by atoms with van der Waals surface area (Å²) in [5.74, 6) is -3.43. The molecular weight excluding hydrogens is 793 g/mol. The van der Waals surface area contributed by atoms with Gasteiger partial charge in [-0.2, -0.15) is 0 Å². The molecule has 3 aliphatic carbocycles. The molecule has 314 valence electrons. The fourth-order valence-corrected chi connectivity index (χ4v) is 11.2. The number of aromatic hydroxyl groups is 6. The third kappa shape index (κ3) is 5.58. The largest absolute Gasteiger partial charge is 0.507 e. The molecule has 0 aliphatic heterocycles. The van der Waals surface area contributed by atoms with Gasteiger partial charge in [-0.15, -0.1) is 0 Å². The molecule has 3 aliphatic rings. The maximum atomic E-state index is 11.9. The van der Waals surface area contributed by atoms with Crippen LogP contribution in [0.1, 0.15) is 55.7 Å². The van der Waals surface area contributed by atoms with Gasteiger partial charge in [0.25, 0.3) is 0 Å². The lowest BCUT2D eigenvalue weighted by atomic mass is 9.71. The summed E-state index contributed by atoms with van der Waals surface area (Å²) in [6.45, 7) is 4.69. The van der Waals surface area contributed by atoms with Gasteiger partial charge in [-0.1, -0.05) is 166 Å². The van der Waals surface area contributed by atoms with Crippen LogP contribution in [0.3, 0.4) is 0 Å². The molecule has 0 saturated heterocycles. The van der Waals surface area contributed by atoms with Gasteiger partial charge in [0.05, 0.1) is 5.56 Å². The fraction of sp³-hybridized carbons (Fsp3) is 0.138. The Morgan fingerprint density at radius 1 is 0.516 bits per heavy atom. The first kappa shape index (κ1) is 39.2. The molecule has 6 nitrogen and oxygen atoms in total. The summed E-state index contributed by atoms with van der Waals surface area (Å²) >= 11 is 0. The van der Waals surface area contributed by atoms with E-state index in [2.05, 4.69) is 117 Å². The van der Waals surface area contributed by atoms with Crippen LogP contribution in [-0.2, 0) is 5.41 Å². The van der Waals surface area contributed by atoms with Crippen molar-refractivity contribution in [2.24, 2.45) is 5.92 Å². The number of rotatable bonds is 6. The van der Waals surface area contributed by atoms with Crippen molar-refractivity contribution in [2.45, 2.75) is 44.4 Å². The molecule has 0 heterocycles. The molecule has 3 unspecified atom stereocenters. The highest BCUT2D eigenvalue weighted by Gasteiger charge is 2.46. The number of phenolic OH excluding ortho intramolecular Hbond substituents is 6. The number of hydrogen-bond acceptors (Lipinski definition) is 6. The van der Waals surface area contributed by atoms with E-state index in [0.717, 1.165) is 85.3 Å². The molecule has 64 heavy (non-hydrogen) atoms. The highest BCUT2D eigenvalue weighted by molar-refractivity contribution is 6.25. The summed E-state index contributed by atoms with van der Waals surface area (Å²) in [6, 6.07) is 38.9. The van der Waals surface area contributed by atoms with Crippen molar-refractivity contribution < 1.29 is 30.6 Å². The van der Waals surface area contributed by atoms with Gasteiger partial charge in [0, 0.05) is 22.6 Å². The van der Waals surface area contributed by atoms with Crippen LogP contribution in [-0.4, -0.2) is 30.6 Å². The molecule has 0 radical (unpaired) electrons. The van der Waals surface area contributed by atoms with E-state index in [1.165, 1.54) is 11.1 Å². The molecule has 0 bridgehead atoms. The van der Waals surface area contributed by atoms with E-state index >= 15 is 0 Å². The van der Waals surface area contributed by atoms with Gasteiger partial charge < -0.3 is 30.6 Å². The Kier molecular flexibility index (Phi) is 9.00. The van der Waals surface area contributed by atoms with E-state index in [0.29, 0.717) is 28.2 Å². The third-order valence-electron chi connectivity index (χ3n) is 14.4. The minimum Gasteiger partial charge on any atom is -0.507 e. The summed E-state index contributed by atoms with van der Waals surface area (Å²) in [6.07, 6.45) is 18.5. The van der Waals surface area contributed by atoms with Crippen molar-refractivity contribution in [2.75, 3.05) is 0 Å². The lowest BCUT2D eigenvalue weighted by Gasteiger charge is -2.32. The lowest BCUT2D eigenvalue weighted by Crippen LogP contribution is -2.27. The maximum absolute atomic E-state index is 11.9. The normalized spacial score (nSPS) is 18.8. The molecule has 0 spiro atoms. The Labute approximate surface area is 371 Å². The molecule has 11 rings (SSSR count). The molecular formula is C58H46O6. The van der Waals surface area contributed by atoms with Gasteiger partial charge in [-0.25, -0.2) is 0 Å². The number of fused-ring (bicyclic) bond motifs is 6. The Morgan fingerprint density at radius 2 is 1.11 bits per heavy atom. The van der Waals surface area contributed by atoms with Crippen LogP contribution in [0, 0.1) is 5.92 Å². The second-order valence-electron chi connectivity index (χ2n) is 17.6. The molecule has 8 aromatic rings. The van der Waals surface area contributed by atoms with E-state index in [1.54, 1.807) is 0 Å². The zero-order valence-electron chi connectivity index (χ0n) is 35.5. The smallest absolute Gasteiger partial charge is 0.208 e. The monoisotopic (exact) mass is 838 g/mol. The summed E-state index contributed by atoms with van der Waals surface area (Å²) in [4.78, 5) is 0. The van der Waals surface area contributed by atoms with Crippen LogP contribution in [0.2, 0.25) is 0 Å². The second-order valence-corrected chi connectivity index (χ2v) is 17.6. The lowest BCUT2D eigenvalue weighted by molar-refractivity contribution is 0.330. The summed E-state index contributed by atoms with van der Waals surface area (Å²) in [7, 11) is 0. The predicted octanol–water partition coefficient (Wildman–Crippen LogP) is 14.3. The molecule has 6 N–H and O–H groups in total. The molecule has 0 aromatic heterocycles. The summed E-state index contributed by atoms with van der Waals surface area (Å²) < 4.78 is 0. The zero-order valence-corrected chi connectivity index (χ0v) is 35.5. The zero-order chi connectivity index (χ0) is 44.0. The third-order valence-corrected chi connectivity index (χ3v) is 14.4. The first-order valence-corrected chi connectivity index (χ1v) is 22.0. The Morgan fingerprint density at radius 3 is 1.75 bits per heavy atom. The van der Waals surface area contributed by atoms with Crippen molar-refractivity contribution in [1.82, 2.24) is 0 Å².